The molecule has 2 rings (SSSR count). The number of nitrogens with one attached hydrogen (secondary N) is 1. The van der Waals surface area contributed by atoms with E-state index in [0.717, 1.165) is 6.54 Å². The van der Waals surface area contributed by atoms with Crippen molar-refractivity contribution in [1.82, 2.24) is 5.32 Å². The maximum atomic E-state index is 12.6. The van der Waals surface area contributed by atoms with Crippen molar-refractivity contribution in [3.05, 3.63) is 0 Å². The van der Waals surface area contributed by atoms with Gasteiger partial charge < -0.3 is 5.32 Å². The molecule has 2 unspecified atom stereocenters. The minimum atomic E-state index is -0.763. The van der Waals surface area contributed by atoms with Gasteiger partial charge in [0, 0.05) is 17.6 Å². The van der Waals surface area contributed by atoms with Gasteiger partial charge in [0.25, 0.3) is 0 Å². The second-order valence-electron chi connectivity index (χ2n) is 7.79. The largest absolute Gasteiger partial charge is 0.341 e. The van der Waals surface area contributed by atoms with Crippen molar-refractivity contribution in [1.29, 1.82) is 5.26 Å². The van der Waals surface area contributed by atoms with Crippen LogP contribution in [0.1, 0.15) is 60.3 Å². The molecule has 5 heteroatoms. The molecule has 1 aliphatic carbocycles. The Morgan fingerprint density at radius 2 is 2.13 bits per heavy atom. The van der Waals surface area contributed by atoms with E-state index in [0.29, 0.717) is 24.1 Å². The monoisotopic (exact) mass is 336 g/mol. The van der Waals surface area contributed by atoms with Crippen LogP contribution in [-0.2, 0) is 4.79 Å². The van der Waals surface area contributed by atoms with E-state index in [-0.39, 0.29) is 16.7 Å². The Labute approximate surface area is 144 Å². The van der Waals surface area contributed by atoms with Gasteiger partial charge in [0.15, 0.2) is 6.21 Å². The average molecular weight is 337 g/mol. The third-order valence-corrected chi connectivity index (χ3v) is 6.25. The summed E-state index contributed by atoms with van der Waals surface area (Å²) in [5.74, 6) is -0.0921. The summed E-state index contributed by atoms with van der Waals surface area (Å²) in [6.45, 7) is 12.0. The standard InChI is InChI=1S/C18H29N3OS/c1-13(2)23-17(4,5)15(11-21-10-6-7-14(21)3)20-16(22)18(12-19)8-9-18/h11,13-15H,6-10H2,1-5H3/p+1. The summed E-state index contributed by atoms with van der Waals surface area (Å²) in [6, 6.07) is 2.67. The average Bonchev–Trinajstić information content (AvgIpc) is 3.15. The Morgan fingerprint density at radius 3 is 2.57 bits per heavy atom. The van der Waals surface area contributed by atoms with Gasteiger partial charge in [0.2, 0.25) is 5.91 Å². The zero-order valence-corrected chi connectivity index (χ0v) is 15.9. The lowest BCUT2D eigenvalue weighted by atomic mass is 10.0. The molecule has 1 heterocycles. The molecular formula is C18H30N3OS+. The summed E-state index contributed by atoms with van der Waals surface area (Å²) in [7, 11) is 0. The van der Waals surface area contributed by atoms with E-state index in [1.165, 1.54) is 12.8 Å². The fourth-order valence-electron chi connectivity index (χ4n) is 3.23. The number of nitriles is 1. The lowest BCUT2D eigenvalue weighted by Crippen LogP contribution is -2.52. The predicted octanol–water partition coefficient (Wildman–Crippen LogP) is 2.96. The van der Waals surface area contributed by atoms with E-state index in [1.807, 2.05) is 11.8 Å². The summed E-state index contributed by atoms with van der Waals surface area (Å²) >= 11 is 1.87. The molecule has 0 aromatic heterocycles. The Kier molecular flexibility index (Phi) is 5.45. The Bertz CT molecular complexity index is 529. The van der Waals surface area contributed by atoms with Crippen LogP contribution < -0.4 is 5.32 Å². The van der Waals surface area contributed by atoms with Crippen LogP contribution in [0.5, 0.6) is 0 Å². The second-order valence-corrected chi connectivity index (χ2v) is 10.0. The highest BCUT2D eigenvalue weighted by molar-refractivity contribution is 8.01. The molecule has 1 aliphatic heterocycles. The third-order valence-electron chi connectivity index (χ3n) is 4.92. The van der Waals surface area contributed by atoms with Crippen molar-refractivity contribution >= 4 is 23.9 Å². The highest BCUT2D eigenvalue weighted by atomic mass is 32.2. The lowest BCUT2D eigenvalue weighted by Gasteiger charge is -2.33. The molecule has 2 atom stereocenters. The Hall–Kier alpha value is -1.02. The van der Waals surface area contributed by atoms with Gasteiger partial charge in [-0.25, -0.2) is 4.58 Å². The molecule has 128 valence electrons. The van der Waals surface area contributed by atoms with Gasteiger partial charge in [-0.15, -0.1) is 0 Å². The van der Waals surface area contributed by atoms with Crippen molar-refractivity contribution < 1.29 is 9.37 Å². The number of rotatable bonds is 6. The van der Waals surface area contributed by atoms with Crippen LogP contribution in [-0.4, -0.2) is 45.3 Å². The molecule has 1 N–H and O–H groups in total. The van der Waals surface area contributed by atoms with Crippen molar-refractivity contribution in [2.45, 2.75) is 82.4 Å². The number of carbonyl (C=O) groups is 1. The van der Waals surface area contributed by atoms with E-state index >= 15 is 0 Å². The summed E-state index contributed by atoms with van der Waals surface area (Å²) in [4.78, 5) is 12.6. The highest BCUT2D eigenvalue weighted by Gasteiger charge is 2.52. The Morgan fingerprint density at radius 1 is 1.48 bits per heavy atom. The maximum absolute atomic E-state index is 12.6. The van der Waals surface area contributed by atoms with Crippen LogP contribution in [0.4, 0.5) is 0 Å². The quantitative estimate of drug-likeness (QED) is 0.759. The van der Waals surface area contributed by atoms with Crippen LogP contribution in [0.25, 0.3) is 0 Å². The van der Waals surface area contributed by atoms with Crippen LogP contribution in [0.3, 0.4) is 0 Å². The molecular weight excluding hydrogens is 306 g/mol. The lowest BCUT2D eigenvalue weighted by molar-refractivity contribution is -0.537. The first kappa shape index (κ1) is 18.3. The molecule has 2 aliphatic rings. The molecule has 1 saturated heterocycles. The number of carbonyl (C=O) groups excluding carboxylic acids is 1. The molecule has 2 fully saturated rings. The van der Waals surface area contributed by atoms with Gasteiger partial charge in [0.05, 0.1) is 6.07 Å². The molecule has 0 aromatic carbocycles. The van der Waals surface area contributed by atoms with Gasteiger partial charge >= 0.3 is 0 Å². The molecule has 4 nitrogen and oxygen atoms in total. The summed E-state index contributed by atoms with van der Waals surface area (Å²) in [6.07, 6.45) is 6.01. The molecule has 0 radical (unpaired) electrons. The van der Waals surface area contributed by atoms with Crippen molar-refractivity contribution in [3.63, 3.8) is 0 Å². The molecule has 1 saturated carbocycles. The molecule has 0 bridgehead atoms. The third kappa shape index (κ3) is 4.29. The number of nitrogens with zero attached hydrogens (tertiary/aromatic N) is 2. The molecule has 1 amide bonds. The fraction of sp³-hybridized carbons (Fsp3) is 0.833. The van der Waals surface area contributed by atoms with Gasteiger partial charge in [-0.1, -0.05) is 13.8 Å². The van der Waals surface area contributed by atoms with Crippen LogP contribution in [0.15, 0.2) is 0 Å². The van der Waals surface area contributed by atoms with E-state index < -0.39 is 5.41 Å². The van der Waals surface area contributed by atoms with E-state index in [1.54, 1.807) is 0 Å². The first-order chi connectivity index (χ1) is 10.7. The zero-order valence-electron chi connectivity index (χ0n) is 15.1. The van der Waals surface area contributed by atoms with Crippen LogP contribution in [0.2, 0.25) is 0 Å². The SMILES string of the molecule is CC(C)SC(C)(C)C(C=[N+]1CCCC1C)NC(=O)C1(C#N)CC1. The molecule has 0 aromatic rings. The van der Waals surface area contributed by atoms with Gasteiger partial charge in [-0.3, -0.25) is 4.79 Å². The topological polar surface area (TPSA) is 55.9 Å². The molecule has 23 heavy (non-hydrogen) atoms. The van der Waals surface area contributed by atoms with Crippen molar-refractivity contribution in [2.24, 2.45) is 5.41 Å². The minimum Gasteiger partial charge on any atom is -0.341 e. The Balaban J connectivity index is 2.21. The van der Waals surface area contributed by atoms with E-state index in [4.69, 9.17) is 0 Å². The number of amides is 1. The summed E-state index contributed by atoms with van der Waals surface area (Å²) in [5.41, 5.74) is -0.763. The minimum absolute atomic E-state index is 0.0613. The van der Waals surface area contributed by atoms with Gasteiger partial charge in [-0.2, -0.15) is 17.0 Å². The number of thioether (sulfide) groups is 1. The van der Waals surface area contributed by atoms with Gasteiger partial charge in [0.1, 0.15) is 24.0 Å². The first-order valence-electron chi connectivity index (χ1n) is 8.71. The van der Waals surface area contributed by atoms with Gasteiger partial charge in [-0.05, 0) is 38.9 Å². The second kappa shape index (κ2) is 6.84. The summed E-state index contributed by atoms with van der Waals surface area (Å²) in [5, 5.41) is 12.9. The number of hydrogen-bond acceptors (Lipinski definition) is 3. The maximum Gasteiger partial charge on any atom is 0.241 e. The highest BCUT2D eigenvalue weighted by Crippen LogP contribution is 2.45. The molecule has 0 spiro atoms. The zero-order chi connectivity index (χ0) is 17.3. The number of hydrogen-bond donors (Lipinski definition) is 1. The smallest absolute Gasteiger partial charge is 0.241 e. The van der Waals surface area contributed by atoms with Crippen molar-refractivity contribution in [3.8, 4) is 6.07 Å². The van der Waals surface area contributed by atoms with E-state index in [2.05, 4.69) is 56.8 Å². The summed E-state index contributed by atoms with van der Waals surface area (Å²) < 4.78 is 2.25. The van der Waals surface area contributed by atoms with E-state index in [9.17, 15) is 10.1 Å². The fourth-order valence-corrected chi connectivity index (χ4v) is 4.72. The van der Waals surface area contributed by atoms with Crippen LogP contribution >= 0.6 is 11.8 Å². The normalized spacial score (nSPS) is 26.1. The van der Waals surface area contributed by atoms with Crippen LogP contribution in [0, 0.1) is 16.7 Å². The van der Waals surface area contributed by atoms with Crippen molar-refractivity contribution in [2.75, 3.05) is 6.54 Å². The first-order valence-corrected chi connectivity index (χ1v) is 9.59. The predicted molar refractivity (Wildman–Crippen MR) is 95.9 cm³/mol.